The van der Waals surface area contributed by atoms with Gasteiger partial charge in [-0.3, -0.25) is 9.79 Å². The van der Waals surface area contributed by atoms with Crippen molar-refractivity contribution in [1.82, 2.24) is 10.2 Å². The van der Waals surface area contributed by atoms with Gasteiger partial charge in [0.05, 0.1) is 6.10 Å². The Labute approximate surface area is 156 Å². The summed E-state index contributed by atoms with van der Waals surface area (Å²) >= 11 is 0. The average molecular weight is 363 g/mol. The van der Waals surface area contributed by atoms with Crippen molar-refractivity contribution in [2.45, 2.75) is 70.4 Å². The Hall–Kier alpha value is -1.30. The van der Waals surface area contributed by atoms with Gasteiger partial charge in [-0.25, -0.2) is 0 Å². The molecule has 0 aromatic carbocycles. The molecule has 4 aliphatic rings. The van der Waals surface area contributed by atoms with Crippen molar-refractivity contribution in [2.24, 2.45) is 28.0 Å². The normalized spacial score (nSPS) is 36.0. The van der Waals surface area contributed by atoms with Crippen molar-refractivity contribution in [1.29, 1.82) is 0 Å². The zero-order valence-electron chi connectivity index (χ0n) is 16.1. The van der Waals surface area contributed by atoms with Gasteiger partial charge in [0.25, 0.3) is 0 Å². The quantitative estimate of drug-likeness (QED) is 0.591. The molecule has 4 atom stereocenters. The summed E-state index contributed by atoms with van der Waals surface area (Å²) in [5, 5.41) is 3.88. The first-order valence-electron chi connectivity index (χ1n) is 10.6. The van der Waals surface area contributed by atoms with Crippen LogP contribution in [0, 0.1) is 17.3 Å². The van der Waals surface area contributed by atoms with E-state index in [2.05, 4.69) is 17.1 Å². The van der Waals surface area contributed by atoms with E-state index in [4.69, 9.17) is 15.5 Å². The van der Waals surface area contributed by atoms with E-state index in [1.807, 2.05) is 0 Å². The second-order valence-electron chi connectivity index (χ2n) is 8.73. The van der Waals surface area contributed by atoms with Crippen molar-refractivity contribution in [3.63, 3.8) is 0 Å². The van der Waals surface area contributed by atoms with Gasteiger partial charge in [0.15, 0.2) is 5.96 Å². The highest BCUT2D eigenvalue weighted by Gasteiger charge is 2.65. The summed E-state index contributed by atoms with van der Waals surface area (Å²) in [4.78, 5) is 18.5. The first-order chi connectivity index (χ1) is 12.6. The molecule has 2 aliphatic heterocycles. The fourth-order valence-electron chi connectivity index (χ4n) is 6.14. The molecule has 0 aromatic heterocycles. The van der Waals surface area contributed by atoms with Gasteiger partial charge in [-0.15, -0.1) is 0 Å². The summed E-state index contributed by atoms with van der Waals surface area (Å²) in [5.41, 5.74) is 5.77. The van der Waals surface area contributed by atoms with Crippen LogP contribution in [-0.2, 0) is 9.53 Å². The van der Waals surface area contributed by atoms with Crippen LogP contribution in [0.3, 0.4) is 0 Å². The SMILES string of the molecule is CCN=C(NC1C2CCOC2C12CCCC2)N1CCCC(CC(N)=O)C1. The molecule has 1 amide bonds. The number of hydrogen-bond donors (Lipinski definition) is 2. The average Bonchev–Trinajstić information content (AvgIpc) is 3.26. The number of guanidine groups is 1. The summed E-state index contributed by atoms with van der Waals surface area (Å²) in [6, 6.07) is 0.499. The van der Waals surface area contributed by atoms with Crippen LogP contribution in [0.15, 0.2) is 4.99 Å². The Bertz CT molecular complexity index is 558. The number of carbonyl (C=O) groups excluding carboxylic acids is 1. The number of aliphatic imine (C=N–C) groups is 1. The summed E-state index contributed by atoms with van der Waals surface area (Å²) in [6.07, 6.45) is 9.55. The number of nitrogens with two attached hydrogens (primary N) is 1. The first kappa shape index (κ1) is 18.1. The number of hydrogen-bond acceptors (Lipinski definition) is 3. The van der Waals surface area contributed by atoms with E-state index in [0.29, 0.717) is 35.8 Å². The van der Waals surface area contributed by atoms with Crippen LogP contribution in [0.25, 0.3) is 0 Å². The molecule has 26 heavy (non-hydrogen) atoms. The fourth-order valence-corrected chi connectivity index (χ4v) is 6.14. The van der Waals surface area contributed by atoms with Gasteiger partial charge in [0, 0.05) is 50.0 Å². The minimum absolute atomic E-state index is 0.186. The van der Waals surface area contributed by atoms with Crippen molar-refractivity contribution in [2.75, 3.05) is 26.2 Å². The lowest BCUT2D eigenvalue weighted by Gasteiger charge is -2.57. The number of rotatable bonds is 4. The van der Waals surface area contributed by atoms with E-state index in [9.17, 15) is 4.79 Å². The zero-order valence-corrected chi connectivity index (χ0v) is 16.1. The summed E-state index contributed by atoms with van der Waals surface area (Å²) in [5.74, 6) is 1.85. The highest BCUT2D eigenvalue weighted by Crippen LogP contribution is 2.60. The van der Waals surface area contributed by atoms with E-state index in [1.54, 1.807) is 0 Å². The Morgan fingerprint density at radius 2 is 2.12 bits per heavy atom. The minimum atomic E-state index is -0.186. The predicted molar refractivity (Wildman–Crippen MR) is 102 cm³/mol. The molecular weight excluding hydrogens is 328 g/mol. The number of nitrogens with zero attached hydrogens (tertiary/aromatic N) is 2. The van der Waals surface area contributed by atoms with E-state index >= 15 is 0 Å². The molecular formula is C20H34N4O2. The number of nitrogens with one attached hydrogen (secondary N) is 1. The van der Waals surface area contributed by atoms with E-state index in [-0.39, 0.29) is 5.91 Å². The lowest BCUT2D eigenvalue weighted by Crippen LogP contribution is -2.69. The standard InChI is InChI=1S/C20H34N4O2/c1-2-22-19(24-10-5-6-14(13-24)12-16(21)25)23-17-15-7-11-26-18(15)20(17)8-3-4-9-20/h14-15,17-18H,2-13H2,1H3,(H2,21,25)(H,22,23). The molecule has 2 saturated carbocycles. The van der Waals surface area contributed by atoms with Crippen LogP contribution < -0.4 is 11.1 Å². The van der Waals surface area contributed by atoms with Crippen molar-refractivity contribution in [3.05, 3.63) is 0 Å². The lowest BCUT2D eigenvalue weighted by molar-refractivity contribution is -0.125. The second kappa shape index (κ2) is 7.37. The van der Waals surface area contributed by atoms with Crippen molar-refractivity contribution >= 4 is 11.9 Å². The van der Waals surface area contributed by atoms with Gasteiger partial charge in [0.2, 0.25) is 5.91 Å². The molecule has 4 unspecified atom stereocenters. The van der Waals surface area contributed by atoms with Crippen molar-refractivity contribution < 1.29 is 9.53 Å². The molecule has 2 heterocycles. The van der Waals surface area contributed by atoms with Gasteiger partial charge >= 0.3 is 0 Å². The van der Waals surface area contributed by atoms with Crippen LogP contribution in [-0.4, -0.2) is 55.2 Å². The third-order valence-electron chi connectivity index (χ3n) is 7.19. The molecule has 6 heteroatoms. The van der Waals surface area contributed by atoms with E-state index in [1.165, 1.54) is 32.1 Å². The maximum atomic E-state index is 11.3. The lowest BCUT2D eigenvalue weighted by atomic mass is 9.54. The van der Waals surface area contributed by atoms with Crippen LogP contribution in [0.4, 0.5) is 0 Å². The highest BCUT2D eigenvalue weighted by molar-refractivity contribution is 5.81. The molecule has 6 nitrogen and oxygen atoms in total. The van der Waals surface area contributed by atoms with Crippen LogP contribution in [0.5, 0.6) is 0 Å². The predicted octanol–water partition coefficient (Wildman–Crippen LogP) is 1.89. The van der Waals surface area contributed by atoms with E-state index < -0.39 is 0 Å². The van der Waals surface area contributed by atoms with Crippen molar-refractivity contribution in [3.8, 4) is 0 Å². The number of fused-ring (bicyclic) bond motifs is 2. The third-order valence-corrected chi connectivity index (χ3v) is 7.19. The molecule has 0 radical (unpaired) electrons. The molecule has 0 aromatic rings. The summed E-state index contributed by atoms with van der Waals surface area (Å²) < 4.78 is 6.12. The number of amides is 1. The number of primary amides is 1. The largest absolute Gasteiger partial charge is 0.377 e. The molecule has 2 aliphatic carbocycles. The Kier molecular flexibility index (Phi) is 5.13. The number of likely N-dealkylation sites (tertiary alicyclic amines) is 1. The third kappa shape index (κ3) is 3.10. The smallest absolute Gasteiger partial charge is 0.217 e. The molecule has 2 saturated heterocycles. The molecule has 3 N–H and O–H groups in total. The zero-order chi connectivity index (χ0) is 18.1. The maximum Gasteiger partial charge on any atom is 0.217 e. The number of carbonyl (C=O) groups is 1. The summed E-state index contributed by atoms with van der Waals surface area (Å²) in [6.45, 7) is 5.70. The molecule has 0 bridgehead atoms. The van der Waals surface area contributed by atoms with Gasteiger partial charge < -0.3 is 20.7 Å². The molecule has 1 spiro atoms. The van der Waals surface area contributed by atoms with Crippen LogP contribution in [0.2, 0.25) is 0 Å². The van der Waals surface area contributed by atoms with E-state index in [0.717, 1.165) is 45.0 Å². The molecule has 4 fully saturated rings. The Balaban J connectivity index is 1.47. The fraction of sp³-hybridized carbons (Fsp3) is 0.900. The Morgan fingerprint density at radius 1 is 1.31 bits per heavy atom. The topological polar surface area (TPSA) is 80.0 Å². The monoisotopic (exact) mass is 362 g/mol. The number of piperidine rings is 1. The van der Waals surface area contributed by atoms with Crippen LogP contribution in [0.1, 0.15) is 58.3 Å². The second-order valence-corrected chi connectivity index (χ2v) is 8.73. The summed E-state index contributed by atoms with van der Waals surface area (Å²) in [7, 11) is 0. The maximum absolute atomic E-state index is 11.3. The minimum Gasteiger partial charge on any atom is -0.377 e. The molecule has 4 rings (SSSR count). The van der Waals surface area contributed by atoms with Crippen LogP contribution >= 0.6 is 0 Å². The first-order valence-corrected chi connectivity index (χ1v) is 10.6. The van der Waals surface area contributed by atoms with Gasteiger partial charge in [-0.05, 0) is 44.9 Å². The number of ether oxygens (including phenoxy) is 1. The van der Waals surface area contributed by atoms with Gasteiger partial charge in [-0.2, -0.15) is 0 Å². The highest BCUT2D eigenvalue weighted by atomic mass is 16.5. The Morgan fingerprint density at radius 3 is 2.85 bits per heavy atom. The van der Waals surface area contributed by atoms with Gasteiger partial charge in [0.1, 0.15) is 0 Å². The molecule has 146 valence electrons. The van der Waals surface area contributed by atoms with Gasteiger partial charge in [-0.1, -0.05) is 12.8 Å².